The molecule has 1 amide bonds. The number of ether oxygens (including phenoxy) is 3. The van der Waals surface area contributed by atoms with E-state index in [1.54, 1.807) is 20.8 Å². The number of nitrogens with one attached hydrogen (secondary N) is 1. The maximum Gasteiger partial charge on any atom is 0.412 e. The van der Waals surface area contributed by atoms with Crippen LogP contribution in [-0.2, 0) is 20.8 Å². The van der Waals surface area contributed by atoms with E-state index in [1.165, 1.54) is 36.4 Å². The van der Waals surface area contributed by atoms with Gasteiger partial charge in [-0.3, -0.25) is 15.4 Å². The Bertz CT molecular complexity index is 1090. The maximum absolute atomic E-state index is 13.2. The van der Waals surface area contributed by atoms with E-state index in [0.29, 0.717) is 23.3 Å². The minimum Gasteiger partial charge on any atom is -0.444 e. The largest absolute Gasteiger partial charge is 0.444 e. The zero-order chi connectivity index (χ0) is 24.7. The van der Waals surface area contributed by atoms with Crippen molar-refractivity contribution >= 4 is 17.5 Å². The van der Waals surface area contributed by atoms with Gasteiger partial charge in [0.2, 0.25) is 0 Å². The zero-order valence-electron chi connectivity index (χ0n) is 19.4. The summed E-state index contributed by atoms with van der Waals surface area (Å²) in [6.45, 7) is 5.75. The van der Waals surface area contributed by atoms with Gasteiger partial charge < -0.3 is 14.2 Å². The smallest absolute Gasteiger partial charge is 0.412 e. The fourth-order valence-corrected chi connectivity index (χ4v) is 3.23. The van der Waals surface area contributed by atoms with Crippen molar-refractivity contribution in [3.63, 3.8) is 0 Å². The summed E-state index contributed by atoms with van der Waals surface area (Å²) in [4.78, 5) is 23.4. The zero-order valence-corrected chi connectivity index (χ0v) is 19.4. The molecule has 0 saturated carbocycles. The lowest BCUT2D eigenvalue weighted by molar-refractivity contribution is -0.384. The third kappa shape index (κ3) is 7.54. The second-order valence-electron chi connectivity index (χ2n) is 8.77. The minimum absolute atomic E-state index is 0.0326. The molecule has 8 nitrogen and oxygen atoms in total. The van der Waals surface area contributed by atoms with Gasteiger partial charge in [0.1, 0.15) is 17.1 Å². The molecular formula is C25H27FN2O6. The molecule has 0 spiro atoms. The number of rotatable bonds is 5. The van der Waals surface area contributed by atoms with Gasteiger partial charge in [0.15, 0.2) is 6.29 Å². The highest BCUT2D eigenvalue weighted by Gasteiger charge is 2.23. The molecule has 2 aromatic rings. The summed E-state index contributed by atoms with van der Waals surface area (Å²) in [5, 5.41) is 14.2. The topological polar surface area (TPSA) is 99.9 Å². The van der Waals surface area contributed by atoms with Crippen molar-refractivity contribution in [1.29, 1.82) is 0 Å². The lowest BCUT2D eigenvalue weighted by atomic mass is 10.0. The van der Waals surface area contributed by atoms with E-state index in [2.05, 4.69) is 17.2 Å². The maximum atomic E-state index is 13.2. The third-order valence-electron chi connectivity index (χ3n) is 4.80. The predicted molar refractivity (Wildman–Crippen MR) is 124 cm³/mol. The summed E-state index contributed by atoms with van der Waals surface area (Å²) in [7, 11) is 0. The molecule has 0 radical (unpaired) electrons. The lowest BCUT2D eigenvalue weighted by Gasteiger charge is -2.23. The summed E-state index contributed by atoms with van der Waals surface area (Å²) in [5.41, 5.74) is 0.273. The first-order valence-corrected chi connectivity index (χ1v) is 10.9. The van der Waals surface area contributed by atoms with E-state index in [1.807, 2.05) is 0 Å². The second-order valence-corrected chi connectivity index (χ2v) is 8.77. The van der Waals surface area contributed by atoms with Crippen LogP contribution in [0.1, 0.15) is 56.7 Å². The lowest BCUT2D eigenvalue weighted by Crippen LogP contribution is -2.27. The molecule has 1 aliphatic rings. The molecule has 3 rings (SSSR count). The SMILES string of the molecule is CC(C)(C)OC(=O)Nc1cc(COC2CCCCO2)c(C#Cc2ccc(F)cc2)cc1[N+](=O)[O-]. The molecule has 1 saturated heterocycles. The fourth-order valence-electron chi connectivity index (χ4n) is 3.23. The molecule has 1 N–H and O–H groups in total. The van der Waals surface area contributed by atoms with Crippen molar-refractivity contribution < 1.29 is 28.3 Å². The van der Waals surface area contributed by atoms with Crippen molar-refractivity contribution in [2.24, 2.45) is 0 Å². The summed E-state index contributed by atoms with van der Waals surface area (Å²) in [6, 6.07) is 8.33. The summed E-state index contributed by atoms with van der Waals surface area (Å²) >= 11 is 0. The van der Waals surface area contributed by atoms with Crippen LogP contribution in [0, 0.1) is 27.8 Å². The number of carbonyl (C=O) groups excluding carboxylic acids is 1. The first-order chi connectivity index (χ1) is 16.1. The quantitative estimate of drug-likeness (QED) is 0.351. The van der Waals surface area contributed by atoms with Crippen LogP contribution in [0.2, 0.25) is 0 Å². The molecule has 180 valence electrons. The van der Waals surface area contributed by atoms with Crippen molar-refractivity contribution in [1.82, 2.24) is 0 Å². The highest BCUT2D eigenvalue weighted by molar-refractivity contribution is 5.88. The Balaban J connectivity index is 1.95. The van der Waals surface area contributed by atoms with Crippen molar-refractivity contribution in [2.75, 3.05) is 11.9 Å². The Kier molecular flexibility index (Phi) is 8.21. The van der Waals surface area contributed by atoms with Gasteiger partial charge >= 0.3 is 6.09 Å². The van der Waals surface area contributed by atoms with Crippen LogP contribution >= 0.6 is 0 Å². The normalized spacial score (nSPS) is 15.7. The van der Waals surface area contributed by atoms with Crippen LogP contribution in [0.15, 0.2) is 36.4 Å². The van der Waals surface area contributed by atoms with Crippen molar-refractivity contribution in [2.45, 2.75) is 58.5 Å². The molecular weight excluding hydrogens is 443 g/mol. The molecule has 0 aliphatic carbocycles. The number of halogens is 1. The van der Waals surface area contributed by atoms with Crippen LogP contribution in [0.5, 0.6) is 0 Å². The Hall–Kier alpha value is -3.48. The van der Waals surface area contributed by atoms with Gasteiger partial charge in [0.25, 0.3) is 5.69 Å². The van der Waals surface area contributed by atoms with E-state index in [4.69, 9.17) is 14.2 Å². The van der Waals surface area contributed by atoms with Gasteiger partial charge in [-0.15, -0.1) is 0 Å². The van der Waals surface area contributed by atoms with Gasteiger partial charge in [-0.2, -0.15) is 0 Å². The van der Waals surface area contributed by atoms with E-state index >= 15 is 0 Å². The van der Waals surface area contributed by atoms with E-state index in [0.717, 1.165) is 19.3 Å². The van der Waals surface area contributed by atoms with E-state index < -0.39 is 16.6 Å². The molecule has 2 aromatic carbocycles. The number of amides is 1. The molecule has 1 fully saturated rings. The number of anilines is 1. The molecule has 1 aliphatic heterocycles. The van der Waals surface area contributed by atoms with Crippen molar-refractivity contribution in [3.8, 4) is 11.8 Å². The molecule has 34 heavy (non-hydrogen) atoms. The molecule has 0 bridgehead atoms. The van der Waals surface area contributed by atoms with Crippen LogP contribution in [0.4, 0.5) is 20.6 Å². The van der Waals surface area contributed by atoms with Crippen LogP contribution in [-0.4, -0.2) is 29.5 Å². The van der Waals surface area contributed by atoms with Crippen LogP contribution in [0.25, 0.3) is 0 Å². The van der Waals surface area contributed by atoms with Crippen molar-refractivity contribution in [3.05, 3.63) is 69.0 Å². The van der Waals surface area contributed by atoms with Gasteiger partial charge in [-0.1, -0.05) is 11.8 Å². The molecule has 1 unspecified atom stereocenters. The Labute approximate surface area is 197 Å². The summed E-state index contributed by atoms with van der Waals surface area (Å²) in [5.74, 6) is 5.41. The van der Waals surface area contributed by atoms with Gasteiger partial charge in [-0.05, 0) is 75.9 Å². The Morgan fingerprint density at radius 3 is 2.59 bits per heavy atom. The number of nitrogens with zero attached hydrogens (tertiary/aromatic N) is 1. The standard InChI is InChI=1S/C25H27FN2O6/c1-25(2,3)34-24(29)27-21-14-19(16-33-23-6-4-5-13-32-23)18(15-22(21)28(30)31)10-7-17-8-11-20(26)12-9-17/h8-9,11-12,14-15,23H,4-6,13,16H2,1-3H3,(H,27,29). The number of nitro benzene ring substituents is 1. The van der Waals surface area contributed by atoms with Gasteiger partial charge in [0.05, 0.1) is 11.5 Å². The molecule has 1 heterocycles. The molecule has 0 aromatic heterocycles. The number of hydrogen-bond acceptors (Lipinski definition) is 6. The highest BCUT2D eigenvalue weighted by atomic mass is 19.1. The summed E-state index contributed by atoms with van der Waals surface area (Å²) in [6.07, 6.45) is 1.49. The van der Waals surface area contributed by atoms with E-state index in [9.17, 15) is 19.3 Å². The number of nitro groups is 1. The second kappa shape index (κ2) is 11.1. The van der Waals surface area contributed by atoms with Crippen LogP contribution < -0.4 is 5.32 Å². The average Bonchev–Trinajstić information content (AvgIpc) is 2.77. The van der Waals surface area contributed by atoms with Crippen LogP contribution in [0.3, 0.4) is 0 Å². The van der Waals surface area contributed by atoms with Gasteiger partial charge in [0, 0.05) is 23.8 Å². The monoisotopic (exact) mass is 470 g/mol. The number of carbonyl (C=O) groups is 1. The molecule has 1 atom stereocenters. The Morgan fingerprint density at radius 1 is 1.24 bits per heavy atom. The summed E-state index contributed by atoms with van der Waals surface area (Å²) < 4.78 is 29.9. The molecule has 9 heteroatoms. The van der Waals surface area contributed by atoms with Gasteiger partial charge in [-0.25, -0.2) is 9.18 Å². The minimum atomic E-state index is -0.816. The van der Waals surface area contributed by atoms with E-state index in [-0.39, 0.29) is 30.1 Å². The third-order valence-corrected chi connectivity index (χ3v) is 4.80. The fraction of sp³-hybridized carbons (Fsp3) is 0.400. The highest BCUT2D eigenvalue weighted by Crippen LogP contribution is 2.30. The average molecular weight is 470 g/mol. The number of hydrogen-bond donors (Lipinski definition) is 1. The number of benzene rings is 2. The Morgan fingerprint density at radius 2 is 1.97 bits per heavy atom. The first kappa shape index (κ1) is 25.1. The first-order valence-electron chi connectivity index (χ1n) is 10.9. The predicted octanol–water partition coefficient (Wildman–Crippen LogP) is 5.52.